The average molecular weight is 331 g/mol. The molecule has 21 heavy (non-hydrogen) atoms. The average Bonchev–Trinajstić information content (AvgIpc) is 2.43. The van der Waals surface area contributed by atoms with E-state index in [0.717, 1.165) is 0 Å². The van der Waals surface area contributed by atoms with Crippen LogP contribution in [0, 0.1) is 0 Å². The summed E-state index contributed by atoms with van der Waals surface area (Å²) in [4.78, 5) is 25.2. The molecule has 0 bridgehead atoms. The Morgan fingerprint density at radius 3 is 2.81 bits per heavy atom. The molecule has 0 saturated carbocycles. The molecule has 0 aromatic heterocycles. The van der Waals surface area contributed by atoms with Crippen LogP contribution >= 0.6 is 23.2 Å². The van der Waals surface area contributed by atoms with Crippen LogP contribution in [0.5, 0.6) is 0 Å². The zero-order valence-corrected chi connectivity index (χ0v) is 12.7. The van der Waals surface area contributed by atoms with Crippen LogP contribution in [0.3, 0.4) is 0 Å². The van der Waals surface area contributed by atoms with E-state index >= 15 is 0 Å². The number of halogens is 2. The molecule has 1 aliphatic rings. The minimum atomic E-state index is -0.474. The second kappa shape index (κ2) is 7.09. The first-order chi connectivity index (χ1) is 9.97. The molecule has 6 nitrogen and oxygen atoms in total. The van der Waals surface area contributed by atoms with Gasteiger partial charge in [0.2, 0.25) is 11.8 Å². The van der Waals surface area contributed by atoms with Gasteiger partial charge in [0.15, 0.2) is 0 Å². The first kappa shape index (κ1) is 16.0. The maximum Gasteiger partial charge on any atom is 0.238 e. The summed E-state index contributed by atoms with van der Waals surface area (Å²) in [6.07, 6.45) is 0. The zero-order chi connectivity index (χ0) is 15.4. The lowest BCUT2D eigenvalue weighted by Gasteiger charge is -2.33. The van der Waals surface area contributed by atoms with Crippen molar-refractivity contribution in [2.45, 2.75) is 6.04 Å². The Kier molecular flexibility index (Phi) is 5.41. The first-order valence-corrected chi connectivity index (χ1v) is 7.22. The van der Waals surface area contributed by atoms with E-state index in [4.69, 9.17) is 28.9 Å². The summed E-state index contributed by atoms with van der Waals surface area (Å²) >= 11 is 11.7. The number of primary amides is 1. The third-order valence-electron chi connectivity index (χ3n) is 3.23. The number of benzene rings is 1. The van der Waals surface area contributed by atoms with E-state index in [2.05, 4.69) is 10.6 Å². The van der Waals surface area contributed by atoms with Crippen LogP contribution < -0.4 is 16.4 Å². The molecule has 8 heteroatoms. The molecule has 0 radical (unpaired) electrons. The first-order valence-electron chi connectivity index (χ1n) is 6.46. The van der Waals surface area contributed by atoms with Crippen molar-refractivity contribution < 1.29 is 9.59 Å². The Bertz CT molecular complexity index is 553. The molecular weight excluding hydrogens is 315 g/mol. The normalized spacial score (nSPS) is 19.2. The number of carbonyl (C=O) groups excluding carboxylic acids is 2. The summed E-state index contributed by atoms with van der Waals surface area (Å²) in [5, 5.41) is 6.59. The lowest BCUT2D eigenvalue weighted by atomic mass is 10.2. The highest BCUT2D eigenvalue weighted by Gasteiger charge is 2.28. The number of nitrogens with one attached hydrogen (secondary N) is 2. The molecular formula is C13H16Cl2N4O2. The van der Waals surface area contributed by atoms with Crippen molar-refractivity contribution in [1.82, 2.24) is 10.2 Å². The van der Waals surface area contributed by atoms with Crippen molar-refractivity contribution in [1.29, 1.82) is 0 Å². The smallest absolute Gasteiger partial charge is 0.238 e. The molecule has 4 N–H and O–H groups in total. The molecule has 1 unspecified atom stereocenters. The van der Waals surface area contributed by atoms with Crippen LogP contribution in [0.15, 0.2) is 18.2 Å². The second-order valence-electron chi connectivity index (χ2n) is 4.77. The van der Waals surface area contributed by atoms with Gasteiger partial charge < -0.3 is 16.4 Å². The third-order valence-corrected chi connectivity index (χ3v) is 3.97. The number of hydrogen-bond acceptors (Lipinski definition) is 4. The summed E-state index contributed by atoms with van der Waals surface area (Å²) in [5.74, 6) is -0.675. The van der Waals surface area contributed by atoms with Crippen molar-refractivity contribution in [2.24, 2.45) is 5.73 Å². The van der Waals surface area contributed by atoms with Crippen LogP contribution in [0.4, 0.5) is 5.69 Å². The lowest BCUT2D eigenvalue weighted by molar-refractivity contribution is -0.125. The molecule has 114 valence electrons. The van der Waals surface area contributed by atoms with Crippen molar-refractivity contribution in [3.05, 3.63) is 28.2 Å². The second-order valence-corrected chi connectivity index (χ2v) is 5.58. The van der Waals surface area contributed by atoms with Gasteiger partial charge in [0.25, 0.3) is 0 Å². The Morgan fingerprint density at radius 1 is 1.38 bits per heavy atom. The van der Waals surface area contributed by atoms with Gasteiger partial charge in [0.05, 0.1) is 16.6 Å². The molecule has 0 aliphatic carbocycles. The Hall–Kier alpha value is -1.34. The fourth-order valence-corrected chi connectivity index (χ4v) is 2.47. The monoisotopic (exact) mass is 330 g/mol. The van der Waals surface area contributed by atoms with Crippen molar-refractivity contribution in [3.8, 4) is 0 Å². The van der Waals surface area contributed by atoms with Crippen LogP contribution in [0.1, 0.15) is 0 Å². The quantitative estimate of drug-likeness (QED) is 0.758. The summed E-state index contributed by atoms with van der Waals surface area (Å²) in [5.41, 5.74) is 5.89. The minimum Gasteiger partial charge on any atom is -0.368 e. The summed E-state index contributed by atoms with van der Waals surface area (Å²) in [6.45, 7) is 1.84. The highest BCUT2D eigenvalue weighted by Crippen LogP contribution is 2.24. The molecule has 1 heterocycles. The van der Waals surface area contributed by atoms with E-state index in [1.54, 1.807) is 23.1 Å². The largest absolute Gasteiger partial charge is 0.368 e. The fraction of sp³-hybridized carbons (Fsp3) is 0.385. The number of piperazine rings is 1. The molecule has 1 atom stereocenters. The minimum absolute atomic E-state index is 0.0928. The maximum atomic E-state index is 12.0. The van der Waals surface area contributed by atoms with E-state index in [1.807, 2.05) is 0 Å². The predicted molar refractivity (Wildman–Crippen MR) is 82.5 cm³/mol. The lowest BCUT2D eigenvalue weighted by Crippen LogP contribution is -2.58. The van der Waals surface area contributed by atoms with Gasteiger partial charge in [-0.3, -0.25) is 14.5 Å². The van der Waals surface area contributed by atoms with Crippen molar-refractivity contribution in [2.75, 3.05) is 31.5 Å². The van der Waals surface area contributed by atoms with Gasteiger partial charge in [-0.05, 0) is 18.2 Å². The molecule has 1 aromatic rings. The number of hydrogen-bond donors (Lipinski definition) is 3. The molecule has 1 aliphatic heterocycles. The highest BCUT2D eigenvalue weighted by molar-refractivity contribution is 6.42. The van der Waals surface area contributed by atoms with Gasteiger partial charge in [0.1, 0.15) is 6.04 Å². The van der Waals surface area contributed by atoms with Gasteiger partial charge in [-0.2, -0.15) is 0 Å². The number of anilines is 1. The number of rotatable bonds is 4. The predicted octanol–water partition coefficient (Wildman–Crippen LogP) is 0.691. The van der Waals surface area contributed by atoms with Gasteiger partial charge in [0, 0.05) is 25.3 Å². The maximum absolute atomic E-state index is 12.0. The molecule has 1 saturated heterocycles. The number of amides is 2. The zero-order valence-electron chi connectivity index (χ0n) is 11.2. The number of carbonyl (C=O) groups is 2. The molecule has 2 amide bonds. The topological polar surface area (TPSA) is 87.5 Å². The number of nitrogens with two attached hydrogens (primary N) is 1. The fourth-order valence-electron chi connectivity index (χ4n) is 2.18. The molecule has 0 spiro atoms. The Balaban J connectivity index is 1.97. The van der Waals surface area contributed by atoms with Gasteiger partial charge in [-0.15, -0.1) is 0 Å². The molecule has 2 rings (SSSR count). The molecule has 1 aromatic carbocycles. The Labute approximate surface area is 132 Å². The van der Waals surface area contributed by atoms with E-state index in [9.17, 15) is 9.59 Å². The highest BCUT2D eigenvalue weighted by atomic mass is 35.5. The third kappa shape index (κ3) is 4.31. The SMILES string of the molecule is NC(=O)C1CNCCN1CC(=O)Nc1ccc(Cl)c(Cl)c1. The van der Waals surface area contributed by atoms with Gasteiger partial charge >= 0.3 is 0 Å². The van der Waals surface area contributed by atoms with Crippen LogP contribution in [0.25, 0.3) is 0 Å². The van der Waals surface area contributed by atoms with E-state index < -0.39 is 11.9 Å². The van der Waals surface area contributed by atoms with E-state index in [-0.39, 0.29) is 12.5 Å². The van der Waals surface area contributed by atoms with Gasteiger partial charge in [-0.25, -0.2) is 0 Å². The summed E-state index contributed by atoms with van der Waals surface area (Å²) in [7, 11) is 0. The molecule has 1 fully saturated rings. The standard InChI is InChI=1S/C13H16Cl2N4O2/c14-9-2-1-8(5-10(9)15)18-12(20)7-19-4-3-17-6-11(19)13(16)21/h1-2,5,11,17H,3-4,6-7H2,(H2,16,21)(H,18,20). The van der Waals surface area contributed by atoms with Gasteiger partial charge in [-0.1, -0.05) is 23.2 Å². The summed E-state index contributed by atoms with van der Waals surface area (Å²) < 4.78 is 0. The van der Waals surface area contributed by atoms with Crippen LogP contribution in [0.2, 0.25) is 10.0 Å². The Morgan fingerprint density at radius 2 is 2.14 bits per heavy atom. The van der Waals surface area contributed by atoms with E-state index in [1.165, 1.54) is 0 Å². The number of nitrogens with zero attached hydrogens (tertiary/aromatic N) is 1. The van der Waals surface area contributed by atoms with Crippen LogP contribution in [-0.4, -0.2) is 48.9 Å². The summed E-state index contributed by atoms with van der Waals surface area (Å²) in [6, 6.07) is 4.37. The van der Waals surface area contributed by atoms with Crippen LogP contribution in [-0.2, 0) is 9.59 Å². The van der Waals surface area contributed by atoms with E-state index in [0.29, 0.717) is 35.4 Å². The van der Waals surface area contributed by atoms with Crippen molar-refractivity contribution in [3.63, 3.8) is 0 Å². The van der Waals surface area contributed by atoms with Crippen molar-refractivity contribution >= 4 is 40.7 Å².